The molecule has 1 N–H and O–H groups in total. The molecule has 4 nitrogen and oxygen atoms in total. The van der Waals surface area contributed by atoms with Gasteiger partial charge in [-0.1, -0.05) is 25.3 Å². The van der Waals surface area contributed by atoms with Crippen molar-refractivity contribution in [3.05, 3.63) is 36.2 Å². The lowest BCUT2D eigenvalue weighted by atomic mass is 9.75. The predicted octanol–water partition coefficient (Wildman–Crippen LogP) is 3.25. The normalized spacial score (nSPS) is 17.8. The number of carbonyl (C=O) groups excluding carboxylic acids is 1. The second-order valence-electron chi connectivity index (χ2n) is 5.97. The third kappa shape index (κ3) is 2.91. The molecule has 0 aromatic carbocycles. The standard InChI is InChI=1S/C16H20ClN3O/c17-11-16(7-3-1-4-8-16)12-18-15(21)13-10-19-20-9-5-2-6-14(13)20/h2,5-6,9-10H,1,3-4,7-8,11-12H2,(H,18,21). The first-order valence-corrected chi connectivity index (χ1v) is 8.04. The Hall–Kier alpha value is -1.55. The zero-order valence-electron chi connectivity index (χ0n) is 12.0. The van der Waals surface area contributed by atoms with E-state index in [1.165, 1.54) is 19.3 Å². The molecule has 2 aromatic rings. The van der Waals surface area contributed by atoms with E-state index in [-0.39, 0.29) is 11.3 Å². The van der Waals surface area contributed by atoms with Gasteiger partial charge in [0.15, 0.2) is 0 Å². The lowest BCUT2D eigenvalue weighted by molar-refractivity contribution is 0.0922. The van der Waals surface area contributed by atoms with Gasteiger partial charge in [0.25, 0.3) is 5.91 Å². The van der Waals surface area contributed by atoms with Gasteiger partial charge in [-0.05, 0) is 25.0 Å². The van der Waals surface area contributed by atoms with E-state index in [1.807, 2.05) is 24.4 Å². The fourth-order valence-electron chi connectivity index (χ4n) is 3.13. The van der Waals surface area contributed by atoms with Gasteiger partial charge in [0, 0.05) is 24.0 Å². The van der Waals surface area contributed by atoms with Crippen LogP contribution in [0.3, 0.4) is 0 Å². The Bertz CT molecular complexity index is 631. The molecule has 112 valence electrons. The van der Waals surface area contributed by atoms with Crippen LogP contribution in [0.4, 0.5) is 0 Å². The minimum absolute atomic E-state index is 0.0636. The first-order chi connectivity index (χ1) is 10.2. The van der Waals surface area contributed by atoms with Gasteiger partial charge in [-0.2, -0.15) is 5.10 Å². The molecule has 21 heavy (non-hydrogen) atoms. The van der Waals surface area contributed by atoms with Gasteiger partial charge in [-0.25, -0.2) is 4.52 Å². The quantitative estimate of drug-likeness (QED) is 0.881. The molecule has 1 aliphatic rings. The van der Waals surface area contributed by atoms with Crippen molar-refractivity contribution >= 4 is 23.0 Å². The zero-order valence-corrected chi connectivity index (χ0v) is 12.8. The van der Waals surface area contributed by atoms with Gasteiger partial charge in [0.2, 0.25) is 0 Å². The topological polar surface area (TPSA) is 46.4 Å². The fraction of sp³-hybridized carbons (Fsp3) is 0.500. The molecule has 5 heteroatoms. The third-order valence-corrected chi connectivity index (χ3v) is 5.06. The van der Waals surface area contributed by atoms with E-state index in [4.69, 9.17) is 11.6 Å². The first-order valence-electron chi connectivity index (χ1n) is 7.51. The molecular formula is C16H20ClN3O. The third-order valence-electron chi connectivity index (χ3n) is 4.49. The highest BCUT2D eigenvalue weighted by Gasteiger charge is 2.31. The number of carbonyl (C=O) groups is 1. The molecule has 0 atom stereocenters. The molecule has 0 bridgehead atoms. The van der Waals surface area contributed by atoms with Crippen LogP contribution < -0.4 is 5.32 Å². The van der Waals surface area contributed by atoms with Crippen molar-refractivity contribution in [2.45, 2.75) is 32.1 Å². The molecule has 2 aromatic heterocycles. The number of nitrogens with one attached hydrogen (secondary N) is 1. The summed E-state index contributed by atoms with van der Waals surface area (Å²) in [5.74, 6) is 0.549. The average Bonchev–Trinajstić information content (AvgIpc) is 2.98. The van der Waals surface area contributed by atoms with Crippen LogP contribution in [0.15, 0.2) is 30.6 Å². The Morgan fingerprint density at radius 1 is 1.33 bits per heavy atom. The van der Waals surface area contributed by atoms with Crippen molar-refractivity contribution in [1.29, 1.82) is 0 Å². The molecule has 3 rings (SSSR count). The van der Waals surface area contributed by atoms with E-state index in [0.717, 1.165) is 18.4 Å². The van der Waals surface area contributed by atoms with Crippen LogP contribution in [-0.2, 0) is 0 Å². The van der Waals surface area contributed by atoms with Gasteiger partial charge in [-0.3, -0.25) is 4.79 Å². The van der Waals surface area contributed by atoms with Gasteiger partial charge < -0.3 is 5.32 Å². The highest BCUT2D eigenvalue weighted by atomic mass is 35.5. The first kappa shape index (κ1) is 14.4. The summed E-state index contributed by atoms with van der Waals surface area (Å²) in [5, 5.41) is 7.26. The van der Waals surface area contributed by atoms with Crippen LogP contribution >= 0.6 is 11.6 Å². The van der Waals surface area contributed by atoms with Gasteiger partial charge >= 0.3 is 0 Å². The molecule has 0 radical (unpaired) electrons. The van der Waals surface area contributed by atoms with Crippen LogP contribution in [-0.4, -0.2) is 27.9 Å². The second kappa shape index (κ2) is 6.06. The largest absolute Gasteiger partial charge is 0.351 e. The van der Waals surface area contributed by atoms with Crippen molar-refractivity contribution in [1.82, 2.24) is 14.9 Å². The summed E-state index contributed by atoms with van der Waals surface area (Å²) in [6, 6.07) is 5.71. The van der Waals surface area contributed by atoms with Crippen molar-refractivity contribution < 1.29 is 4.79 Å². The molecule has 1 saturated carbocycles. The Morgan fingerprint density at radius 2 is 2.14 bits per heavy atom. The number of pyridine rings is 1. The second-order valence-corrected chi connectivity index (χ2v) is 6.23. The van der Waals surface area contributed by atoms with Crippen LogP contribution in [0.1, 0.15) is 42.5 Å². The monoisotopic (exact) mass is 305 g/mol. The maximum absolute atomic E-state index is 12.4. The number of rotatable bonds is 4. The summed E-state index contributed by atoms with van der Waals surface area (Å²) in [6.07, 6.45) is 9.36. The lowest BCUT2D eigenvalue weighted by Crippen LogP contribution is -2.40. The molecule has 0 aliphatic heterocycles. The Kier molecular flexibility index (Phi) is 4.15. The lowest BCUT2D eigenvalue weighted by Gasteiger charge is -2.35. The smallest absolute Gasteiger partial charge is 0.255 e. The molecule has 2 heterocycles. The van der Waals surface area contributed by atoms with Crippen molar-refractivity contribution in [3.63, 3.8) is 0 Å². The summed E-state index contributed by atoms with van der Waals surface area (Å²) in [5.41, 5.74) is 1.52. The molecule has 0 unspecified atom stereocenters. The number of nitrogens with zero attached hydrogens (tertiary/aromatic N) is 2. The SMILES string of the molecule is O=C(NCC1(CCl)CCCCC1)c1cnn2ccccc12. The molecule has 1 aliphatic carbocycles. The van der Waals surface area contributed by atoms with E-state index in [2.05, 4.69) is 10.4 Å². The van der Waals surface area contributed by atoms with Gasteiger partial charge in [0.1, 0.15) is 0 Å². The summed E-state index contributed by atoms with van der Waals surface area (Å²) in [4.78, 5) is 12.4. The minimum atomic E-state index is -0.0636. The number of fused-ring (bicyclic) bond motifs is 1. The molecule has 1 amide bonds. The average molecular weight is 306 g/mol. The van der Waals surface area contributed by atoms with Gasteiger partial charge in [-0.15, -0.1) is 11.6 Å². The number of halogens is 1. The Labute approximate surface area is 129 Å². The van der Waals surface area contributed by atoms with Crippen LogP contribution in [0.25, 0.3) is 5.52 Å². The van der Waals surface area contributed by atoms with E-state index in [9.17, 15) is 4.79 Å². The number of aromatic nitrogens is 2. The summed E-state index contributed by atoms with van der Waals surface area (Å²) < 4.78 is 1.72. The number of amides is 1. The van der Waals surface area contributed by atoms with Crippen LogP contribution in [0.5, 0.6) is 0 Å². The van der Waals surface area contributed by atoms with Crippen LogP contribution in [0.2, 0.25) is 0 Å². The van der Waals surface area contributed by atoms with Crippen molar-refractivity contribution in [2.24, 2.45) is 5.41 Å². The van der Waals surface area contributed by atoms with E-state index in [1.54, 1.807) is 10.7 Å². The molecule has 1 fully saturated rings. The van der Waals surface area contributed by atoms with Crippen molar-refractivity contribution in [2.75, 3.05) is 12.4 Å². The molecule has 0 spiro atoms. The van der Waals surface area contributed by atoms with Gasteiger partial charge in [0.05, 0.1) is 17.3 Å². The molecular weight excluding hydrogens is 286 g/mol. The summed E-state index contributed by atoms with van der Waals surface area (Å²) in [7, 11) is 0. The summed E-state index contributed by atoms with van der Waals surface area (Å²) >= 11 is 6.17. The maximum atomic E-state index is 12.4. The zero-order chi connectivity index (χ0) is 14.7. The predicted molar refractivity (Wildman–Crippen MR) is 83.8 cm³/mol. The van der Waals surface area contributed by atoms with Crippen molar-refractivity contribution in [3.8, 4) is 0 Å². The fourth-order valence-corrected chi connectivity index (χ4v) is 3.49. The Morgan fingerprint density at radius 3 is 2.90 bits per heavy atom. The minimum Gasteiger partial charge on any atom is -0.351 e. The highest BCUT2D eigenvalue weighted by molar-refractivity contribution is 6.18. The maximum Gasteiger partial charge on any atom is 0.255 e. The van der Waals surface area contributed by atoms with E-state index >= 15 is 0 Å². The van der Waals surface area contributed by atoms with E-state index < -0.39 is 0 Å². The van der Waals surface area contributed by atoms with E-state index in [0.29, 0.717) is 18.0 Å². The van der Waals surface area contributed by atoms with Crippen LogP contribution in [0, 0.1) is 5.41 Å². The molecule has 0 saturated heterocycles. The number of hydrogen-bond acceptors (Lipinski definition) is 2. The highest BCUT2D eigenvalue weighted by Crippen LogP contribution is 2.36. The Balaban J connectivity index is 1.71. The number of hydrogen-bond donors (Lipinski definition) is 1. The number of alkyl halides is 1. The summed E-state index contributed by atoms with van der Waals surface area (Å²) in [6.45, 7) is 0.652.